The van der Waals surface area contributed by atoms with Gasteiger partial charge in [-0.25, -0.2) is 9.78 Å². The van der Waals surface area contributed by atoms with Crippen molar-refractivity contribution in [1.82, 2.24) is 9.97 Å². The van der Waals surface area contributed by atoms with Crippen molar-refractivity contribution < 1.29 is 23.1 Å². The van der Waals surface area contributed by atoms with Crippen molar-refractivity contribution in [3.05, 3.63) is 94.5 Å². The summed E-state index contributed by atoms with van der Waals surface area (Å²) in [5.41, 5.74) is 1.89. The Morgan fingerprint density at radius 1 is 1.03 bits per heavy atom. The molecule has 30 heavy (non-hydrogen) atoms. The summed E-state index contributed by atoms with van der Waals surface area (Å²) < 4.78 is 31.7. The molecule has 0 saturated carbocycles. The van der Waals surface area contributed by atoms with E-state index >= 15 is 0 Å². The van der Waals surface area contributed by atoms with E-state index < -0.39 is 12.1 Å². The van der Waals surface area contributed by atoms with Crippen LogP contribution in [-0.2, 0) is 10.2 Å². The van der Waals surface area contributed by atoms with Crippen LogP contribution in [0, 0.1) is 0 Å². The topological polar surface area (TPSA) is 95.1 Å². The quantitative estimate of drug-likeness (QED) is 0.584. The van der Waals surface area contributed by atoms with Gasteiger partial charge in [0.15, 0.2) is 5.82 Å². The van der Waals surface area contributed by atoms with E-state index in [-0.39, 0.29) is 11.0 Å². The van der Waals surface area contributed by atoms with Crippen LogP contribution < -0.4 is 10.9 Å². The third-order valence-electron chi connectivity index (χ3n) is 4.38. The first-order valence-electron chi connectivity index (χ1n) is 8.83. The summed E-state index contributed by atoms with van der Waals surface area (Å²) in [7, 11) is 0. The predicted molar refractivity (Wildman–Crippen MR) is 106 cm³/mol. The molecule has 6 nitrogen and oxygen atoms in total. The second-order valence-electron chi connectivity index (χ2n) is 6.49. The van der Waals surface area contributed by atoms with Gasteiger partial charge in [-0.2, -0.15) is 13.2 Å². The lowest BCUT2D eigenvalue weighted by molar-refractivity contribution is -0.192. The van der Waals surface area contributed by atoms with Crippen molar-refractivity contribution >= 4 is 11.8 Å². The maximum atomic E-state index is 11.8. The Kier molecular flexibility index (Phi) is 7.35. The minimum absolute atomic E-state index is 0.212. The molecule has 0 aliphatic carbocycles. The second-order valence-corrected chi connectivity index (χ2v) is 6.49. The standard InChI is InChI=1S/C19H19N3O.C2HF3O2/c1-19(15-8-4-2-5-9-15,16-10-6-3-7-11-16)14-22-17-18(23)21-13-12-20-17;3-2(4,5)1(6)7/h2-13H,14H2,1H3,(H,20,22)(H,21,23);(H,6,7). The van der Waals surface area contributed by atoms with Crippen LogP contribution in [0.1, 0.15) is 18.1 Å². The number of halogens is 3. The number of nitrogens with one attached hydrogen (secondary N) is 2. The summed E-state index contributed by atoms with van der Waals surface area (Å²) in [6.07, 6.45) is -1.98. The average molecular weight is 419 g/mol. The molecule has 0 radical (unpaired) electrons. The van der Waals surface area contributed by atoms with Crippen LogP contribution >= 0.6 is 0 Å². The number of rotatable bonds is 5. The fourth-order valence-corrected chi connectivity index (χ4v) is 2.72. The van der Waals surface area contributed by atoms with Crippen molar-refractivity contribution in [3.8, 4) is 0 Å². The number of carboxylic acid groups (broad SMARTS) is 1. The number of nitrogens with zero attached hydrogens (tertiary/aromatic N) is 1. The molecule has 2 aromatic carbocycles. The van der Waals surface area contributed by atoms with Gasteiger partial charge in [0.1, 0.15) is 0 Å². The molecule has 0 spiro atoms. The van der Waals surface area contributed by atoms with Gasteiger partial charge >= 0.3 is 12.1 Å². The van der Waals surface area contributed by atoms with Gasteiger partial charge in [-0.15, -0.1) is 0 Å². The Bertz CT molecular complexity index is 967. The molecule has 0 unspecified atom stereocenters. The highest BCUT2D eigenvalue weighted by molar-refractivity contribution is 5.73. The summed E-state index contributed by atoms with van der Waals surface area (Å²) in [5, 5.41) is 10.3. The van der Waals surface area contributed by atoms with E-state index in [1.54, 1.807) is 6.20 Å². The lowest BCUT2D eigenvalue weighted by Gasteiger charge is -2.31. The van der Waals surface area contributed by atoms with Crippen molar-refractivity contribution in [2.75, 3.05) is 11.9 Å². The first-order valence-corrected chi connectivity index (χ1v) is 8.83. The van der Waals surface area contributed by atoms with Crippen LogP contribution in [0.15, 0.2) is 77.9 Å². The van der Waals surface area contributed by atoms with E-state index in [1.807, 2.05) is 36.4 Å². The van der Waals surface area contributed by atoms with Gasteiger partial charge < -0.3 is 15.4 Å². The van der Waals surface area contributed by atoms with Crippen molar-refractivity contribution in [1.29, 1.82) is 0 Å². The molecular weight excluding hydrogens is 399 g/mol. The fourth-order valence-electron chi connectivity index (χ4n) is 2.72. The molecule has 0 fully saturated rings. The zero-order chi connectivity index (χ0) is 22.2. The Labute approximate surface area is 170 Å². The van der Waals surface area contributed by atoms with Crippen LogP contribution in [0.2, 0.25) is 0 Å². The molecule has 3 N–H and O–H groups in total. The van der Waals surface area contributed by atoms with Gasteiger partial charge in [-0.1, -0.05) is 60.7 Å². The lowest BCUT2D eigenvalue weighted by Crippen LogP contribution is -2.34. The van der Waals surface area contributed by atoms with Crippen molar-refractivity contribution in [2.24, 2.45) is 0 Å². The largest absolute Gasteiger partial charge is 0.490 e. The Morgan fingerprint density at radius 2 is 1.50 bits per heavy atom. The smallest absolute Gasteiger partial charge is 0.475 e. The van der Waals surface area contributed by atoms with Gasteiger partial charge in [-0.3, -0.25) is 4.79 Å². The molecule has 158 valence electrons. The van der Waals surface area contributed by atoms with Crippen LogP contribution in [0.3, 0.4) is 0 Å². The molecule has 3 aromatic rings. The molecule has 1 heterocycles. The summed E-state index contributed by atoms with van der Waals surface area (Å²) in [6.45, 7) is 2.74. The first kappa shape index (κ1) is 22.7. The number of benzene rings is 2. The second kappa shape index (κ2) is 9.73. The number of carboxylic acids is 1. The molecule has 0 aliphatic rings. The summed E-state index contributed by atoms with van der Waals surface area (Å²) in [6, 6.07) is 20.6. The molecule has 0 aliphatic heterocycles. The van der Waals surface area contributed by atoms with E-state index in [0.29, 0.717) is 12.4 Å². The molecule has 1 aromatic heterocycles. The number of alkyl halides is 3. The third kappa shape index (κ3) is 5.94. The first-order chi connectivity index (χ1) is 14.1. The molecule has 0 bridgehead atoms. The van der Waals surface area contributed by atoms with Crippen molar-refractivity contribution in [2.45, 2.75) is 18.5 Å². The molecule has 0 atom stereocenters. The molecule has 0 saturated heterocycles. The van der Waals surface area contributed by atoms with E-state index in [0.717, 1.165) is 0 Å². The minimum Gasteiger partial charge on any atom is -0.475 e. The molecule has 9 heteroatoms. The zero-order valence-corrected chi connectivity index (χ0v) is 16.0. The average Bonchev–Trinajstić information content (AvgIpc) is 2.74. The Morgan fingerprint density at radius 3 is 1.90 bits per heavy atom. The van der Waals surface area contributed by atoms with Gasteiger partial charge in [0.2, 0.25) is 0 Å². The summed E-state index contributed by atoms with van der Waals surface area (Å²) >= 11 is 0. The molecular formula is C21H20F3N3O3. The van der Waals surface area contributed by atoms with Gasteiger partial charge in [-0.05, 0) is 18.1 Å². The highest BCUT2D eigenvalue weighted by Crippen LogP contribution is 2.31. The lowest BCUT2D eigenvalue weighted by atomic mass is 9.76. The Balaban J connectivity index is 0.000000396. The van der Waals surface area contributed by atoms with Gasteiger partial charge in [0, 0.05) is 24.4 Å². The predicted octanol–water partition coefficient (Wildman–Crippen LogP) is 3.82. The van der Waals surface area contributed by atoms with E-state index in [1.165, 1.54) is 17.3 Å². The minimum atomic E-state index is -5.08. The monoisotopic (exact) mass is 419 g/mol. The maximum absolute atomic E-state index is 11.8. The van der Waals surface area contributed by atoms with E-state index in [2.05, 4.69) is 46.5 Å². The van der Waals surface area contributed by atoms with E-state index in [9.17, 15) is 18.0 Å². The Hall–Kier alpha value is -3.62. The number of carbonyl (C=O) groups is 1. The summed E-state index contributed by atoms with van der Waals surface area (Å²) in [4.78, 5) is 27.5. The van der Waals surface area contributed by atoms with Gasteiger partial charge in [0.25, 0.3) is 5.56 Å². The maximum Gasteiger partial charge on any atom is 0.490 e. The van der Waals surface area contributed by atoms with Crippen LogP contribution in [-0.4, -0.2) is 33.8 Å². The molecule has 0 amide bonds. The number of aromatic amines is 1. The SMILES string of the molecule is CC(CNc1ncc[nH]c1=O)(c1ccccc1)c1ccccc1.O=C(O)C(F)(F)F. The van der Waals surface area contributed by atoms with Crippen LogP contribution in [0.4, 0.5) is 19.0 Å². The number of hydrogen-bond donors (Lipinski definition) is 3. The normalized spacial score (nSPS) is 11.2. The number of aliphatic carboxylic acids is 1. The van der Waals surface area contributed by atoms with Crippen molar-refractivity contribution in [3.63, 3.8) is 0 Å². The van der Waals surface area contributed by atoms with Crippen LogP contribution in [0.25, 0.3) is 0 Å². The number of aromatic nitrogens is 2. The molecule has 3 rings (SSSR count). The highest BCUT2D eigenvalue weighted by Gasteiger charge is 2.38. The number of H-pyrrole nitrogens is 1. The van der Waals surface area contributed by atoms with Crippen LogP contribution in [0.5, 0.6) is 0 Å². The number of hydrogen-bond acceptors (Lipinski definition) is 4. The third-order valence-corrected chi connectivity index (χ3v) is 4.38. The summed E-state index contributed by atoms with van der Waals surface area (Å²) in [5.74, 6) is -2.42. The van der Waals surface area contributed by atoms with E-state index in [4.69, 9.17) is 9.90 Å². The highest BCUT2D eigenvalue weighted by atomic mass is 19.4. The van der Waals surface area contributed by atoms with Gasteiger partial charge in [0.05, 0.1) is 0 Å². The zero-order valence-electron chi connectivity index (χ0n) is 16.0. The number of anilines is 1. The fraction of sp³-hybridized carbons (Fsp3) is 0.190.